The van der Waals surface area contributed by atoms with Crippen LogP contribution in [0.3, 0.4) is 0 Å². The van der Waals surface area contributed by atoms with Crippen molar-refractivity contribution < 1.29 is 0 Å². The highest BCUT2D eigenvalue weighted by atomic mass is 79.9. The lowest BCUT2D eigenvalue weighted by Crippen LogP contribution is -2.34. The molecular formula is C8H13BrN4. The first-order valence-corrected chi connectivity index (χ1v) is 5.67. The highest BCUT2D eigenvalue weighted by Gasteiger charge is 2.15. The summed E-state index contributed by atoms with van der Waals surface area (Å²) < 4.78 is 2.13. The fourth-order valence-electron chi connectivity index (χ4n) is 1.59. The second kappa shape index (κ2) is 4.19. The number of aromatic nitrogens is 3. The lowest BCUT2D eigenvalue weighted by Gasteiger charge is -2.26. The van der Waals surface area contributed by atoms with Crippen LogP contribution in [0.1, 0.15) is 12.2 Å². The molecule has 72 valence electrons. The average Bonchev–Trinajstić information content (AvgIpc) is 2.61. The summed E-state index contributed by atoms with van der Waals surface area (Å²) in [4.78, 5) is 2.42. The quantitative estimate of drug-likeness (QED) is 0.741. The van der Waals surface area contributed by atoms with Crippen LogP contribution in [0.2, 0.25) is 0 Å². The Morgan fingerprint density at radius 1 is 1.46 bits per heavy atom. The maximum absolute atomic E-state index is 4.07. The molecule has 0 unspecified atom stereocenters. The number of nitrogens with zero attached hydrogens (tertiary/aromatic N) is 4. The van der Waals surface area contributed by atoms with Gasteiger partial charge in [0, 0.05) is 18.4 Å². The normalized spacial score (nSPS) is 17.3. The monoisotopic (exact) mass is 244 g/mol. The first kappa shape index (κ1) is 9.15. The Hall–Kier alpha value is -0.420. The highest BCUT2D eigenvalue weighted by Crippen LogP contribution is 2.09. The van der Waals surface area contributed by atoms with Gasteiger partial charge in [-0.05, 0) is 13.0 Å². The van der Waals surface area contributed by atoms with E-state index in [0.29, 0.717) is 0 Å². The van der Waals surface area contributed by atoms with Gasteiger partial charge in [0.15, 0.2) is 0 Å². The molecule has 0 radical (unpaired) electrons. The first-order chi connectivity index (χ1) is 6.40. The largest absolute Gasteiger partial charge is 0.315 e. The molecule has 0 amide bonds. The Morgan fingerprint density at radius 3 is 3.23 bits per heavy atom. The van der Waals surface area contributed by atoms with Crippen molar-refractivity contribution in [1.29, 1.82) is 0 Å². The Bertz CT molecular complexity index is 273. The van der Waals surface area contributed by atoms with Crippen molar-refractivity contribution in [2.24, 2.45) is 0 Å². The van der Waals surface area contributed by atoms with Gasteiger partial charge in [-0.1, -0.05) is 15.9 Å². The SMILES string of the molecule is BrCCCN1CCn2cnnc2C1. The van der Waals surface area contributed by atoms with Gasteiger partial charge in [0.25, 0.3) is 0 Å². The molecular weight excluding hydrogens is 232 g/mol. The Morgan fingerprint density at radius 2 is 2.38 bits per heavy atom. The van der Waals surface area contributed by atoms with Gasteiger partial charge in [0.05, 0.1) is 6.54 Å². The molecule has 0 fully saturated rings. The van der Waals surface area contributed by atoms with Crippen LogP contribution in [0.4, 0.5) is 0 Å². The van der Waals surface area contributed by atoms with Gasteiger partial charge in [0.2, 0.25) is 0 Å². The summed E-state index contributed by atoms with van der Waals surface area (Å²) in [5, 5.41) is 9.05. The molecule has 1 aliphatic heterocycles. The fourth-order valence-corrected chi connectivity index (χ4v) is 1.84. The molecule has 2 rings (SSSR count). The summed E-state index contributed by atoms with van der Waals surface area (Å²) >= 11 is 3.44. The van der Waals surface area contributed by atoms with Crippen molar-refractivity contribution in [2.45, 2.75) is 19.5 Å². The van der Waals surface area contributed by atoms with E-state index in [4.69, 9.17) is 0 Å². The smallest absolute Gasteiger partial charge is 0.147 e. The van der Waals surface area contributed by atoms with Crippen LogP contribution in [0.15, 0.2) is 6.33 Å². The van der Waals surface area contributed by atoms with Crippen LogP contribution in [0.25, 0.3) is 0 Å². The zero-order chi connectivity index (χ0) is 9.10. The van der Waals surface area contributed by atoms with Gasteiger partial charge in [-0.3, -0.25) is 4.90 Å². The summed E-state index contributed by atoms with van der Waals surface area (Å²) in [5.41, 5.74) is 0. The van der Waals surface area contributed by atoms with Crippen molar-refractivity contribution in [3.8, 4) is 0 Å². The van der Waals surface area contributed by atoms with Gasteiger partial charge in [-0.25, -0.2) is 0 Å². The van der Waals surface area contributed by atoms with E-state index in [-0.39, 0.29) is 0 Å². The lowest BCUT2D eigenvalue weighted by molar-refractivity contribution is 0.218. The molecule has 13 heavy (non-hydrogen) atoms. The minimum Gasteiger partial charge on any atom is -0.315 e. The molecule has 0 saturated heterocycles. The van der Waals surface area contributed by atoms with Gasteiger partial charge in [0.1, 0.15) is 12.2 Å². The van der Waals surface area contributed by atoms with E-state index in [1.807, 2.05) is 6.33 Å². The number of hydrogen-bond donors (Lipinski definition) is 0. The standard InChI is InChI=1S/C8H13BrN4/c9-2-1-3-12-4-5-13-7-10-11-8(13)6-12/h7H,1-6H2. The van der Waals surface area contributed by atoms with Crippen LogP contribution in [-0.2, 0) is 13.1 Å². The minimum atomic E-state index is 0.951. The van der Waals surface area contributed by atoms with Gasteiger partial charge < -0.3 is 4.57 Å². The van der Waals surface area contributed by atoms with E-state index < -0.39 is 0 Å². The van der Waals surface area contributed by atoms with Crippen molar-refractivity contribution >= 4 is 15.9 Å². The Kier molecular flexibility index (Phi) is 2.95. The number of alkyl halides is 1. The van der Waals surface area contributed by atoms with E-state index in [1.165, 1.54) is 6.42 Å². The molecule has 0 bridgehead atoms. The molecule has 1 aromatic heterocycles. The molecule has 1 aliphatic rings. The lowest BCUT2D eigenvalue weighted by atomic mass is 10.3. The zero-order valence-electron chi connectivity index (χ0n) is 7.49. The number of fused-ring (bicyclic) bond motifs is 1. The summed E-state index contributed by atoms with van der Waals surface area (Å²) in [7, 11) is 0. The minimum absolute atomic E-state index is 0.951. The topological polar surface area (TPSA) is 34.0 Å². The molecule has 0 N–H and O–H groups in total. The van der Waals surface area contributed by atoms with Crippen molar-refractivity contribution in [3.05, 3.63) is 12.2 Å². The van der Waals surface area contributed by atoms with E-state index in [0.717, 1.165) is 37.3 Å². The molecule has 4 nitrogen and oxygen atoms in total. The van der Waals surface area contributed by atoms with Crippen molar-refractivity contribution in [2.75, 3.05) is 18.4 Å². The van der Waals surface area contributed by atoms with Crippen LogP contribution >= 0.6 is 15.9 Å². The summed E-state index contributed by atoms with van der Waals surface area (Å²) in [6.07, 6.45) is 3.02. The molecule has 0 saturated carbocycles. The maximum Gasteiger partial charge on any atom is 0.147 e. The van der Waals surface area contributed by atoms with Crippen LogP contribution in [-0.4, -0.2) is 38.1 Å². The van der Waals surface area contributed by atoms with E-state index in [9.17, 15) is 0 Å². The van der Waals surface area contributed by atoms with Crippen LogP contribution in [0, 0.1) is 0 Å². The molecule has 0 spiro atoms. The van der Waals surface area contributed by atoms with Crippen LogP contribution in [0.5, 0.6) is 0 Å². The molecule has 5 heteroatoms. The van der Waals surface area contributed by atoms with Gasteiger partial charge in [-0.15, -0.1) is 10.2 Å². The van der Waals surface area contributed by atoms with Crippen LogP contribution < -0.4 is 0 Å². The molecule has 0 aromatic carbocycles. The van der Waals surface area contributed by atoms with E-state index in [2.05, 4.69) is 35.6 Å². The molecule has 0 aliphatic carbocycles. The van der Waals surface area contributed by atoms with Gasteiger partial charge >= 0.3 is 0 Å². The maximum atomic E-state index is 4.07. The summed E-state index contributed by atoms with van der Waals surface area (Å²) in [6, 6.07) is 0. The molecule has 0 atom stereocenters. The fraction of sp³-hybridized carbons (Fsp3) is 0.750. The molecule has 1 aromatic rings. The predicted molar refractivity (Wildman–Crippen MR) is 53.7 cm³/mol. The summed E-state index contributed by atoms with van der Waals surface area (Å²) in [6.45, 7) is 4.26. The molecule has 2 heterocycles. The Labute approximate surface area is 86.1 Å². The summed E-state index contributed by atoms with van der Waals surface area (Å²) in [5.74, 6) is 1.10. The predicted octanol–water partition coefficient (Wildman–Crippen LogP) is 0.879. The third-order valence-corrected chi connectivity index (χ3v) is 2.89. The van der Waals surface area contributed by atoms with Crippen molar-refractivity contribution in [3.63, 3.8) is 0 Å². The number of hydrogen-bond acceptors (Lipinski definition) is 3. The second-order valence-corrected chi connectivity index (χ2v) is 4.05. The number of halogens is 1. The van der Waals surface area contributed by atoms with E-state index in [1.54, 1.807) is 0 Å². The van der Waals surface area contributed by atoms with Crippen molar-refractivity contribution in [1.82, 2.24) is 19.7 Å². The second-order valence-electron chi connectivity index (χ2n) is 3.26. The zero-order valence-corrected chi connectivity index (χ0v) is 9.07. The Balaban J connectivity index is 1.93. The van der Waals surface area contributed by atoms with Gasteiger partial charge in [-0.2, -0.15) is 0 Å². The first-order valence-electron chi connectivity index (χ1n) is 4.55. The number of rotatable bonds is 3. The van der Waals surface area contributed by atoms with E-state index >= 15 is 0 Å². The third-order valence-electron chi connectivity index (χ3n) is 2.33. The average molecular weight is 245 g/mol. The highest BCUT2D eigenvalue weighted by molar-refractivity contribution is 9.09. The third kappa shape index (κ3) is 2.08.